The van der Waals surface area contributed by atoms with E-state index in [1.807, 2.05) is 47.5 Å². The fourth-order valence-electron chi connectivity index (χ4n) is 3.30. The first kappa shape index (κ1) is 18.2. The Morgan fingerprint density at radius 3 is 2.18 bits per heavy atom. The zero-order valence-electron chi connectivity index (χ0n) is 14.9. The lowest BCUT2D eigenvalue weighted by atomic mass is 9.98. The van der Waals surface area contributed by atoms with Gasteiger partial charge in [0, 0.05) is 6.42 Å². The normalized spacial score (nSPS) is 16.8. The van der Waals surface area contributed by atoms with Crippen LogP contribution in [0.4, 0.5) is 5.69 Å². The maximum atomic E-state index is 11.5. The third-order valence-electron chi connectivity index (χ3n) is 4.73. The lowest BCUT2D eigenvalue weighted by molar-refractivity contribution is 0.475. The van der Waals surface area contributed by atoms with Crippen LogP contribution >= 0.6 is 0 Å². The molecule has 142 valence electrons. The lowest BCUT2D eigenvalue weighted by Gasteiger charge is -2.24. The highest BCUT2D eigenvalue weighted by molar-refractivity contribution is 7.89. The Bertz CT molecular complexity index is 1110. The Kier molecular flexibility index (Phi) is 4.62. The maximum absolute atomic E-state index is 11.5. The van der Waals surface area contributed by atoms with Gasteiger partial charge in [-0.1, -0.05) is 42.5 Å². The predicted octanol–water partition coefficient (Wildman–Crippen LogP) is 3.40. The third-order valence-corrected chi connectivity index (χ3v) is 5.65. The molecule has 1 aliphatic heterocycles. The summed E-state index contributed by atoms with van der Waals surface area (Å²) < 4.78 is 23.1. The Hall–Kier alpha value is -3.16. The van der Waals surface area contributed by atoms with E-state index in [4.69, 9.17) is 10.2 Å². The molecule has 0 spiro atoms. The van der Waals surface area contributed by atoms with Crippen molar-refractivity contribution in [2.75, 3.05) is 5.01 Å². The number of hydrazone groups is 1. The lowest BCUT2D eigenvalue weighted by Crippen LogP contribution is -2.19. The number of rotatable bonds is 4. The third kappa shape index (κ3) is 3.62. The van der Waals surface area contributed by atoms with Gasteiger partial charge in [0.25, 0.3) is 0 Å². The quantitative estimate of drug-likeness (QED) is 0.710. The van der Waals surface area contributed by atoms with Gasteiger partial charge in [-0.3, -0.25) is 5.01 Å². The Morgan fingerprint density at radius 2 is 1.57 bits per heavy atom. The van der Waals surface area contributed by atoms with E-state index < -0.39 is 10.0 Å². The molecular weight excluding hydrogens is 374 g/mol. The van der Waals surface area contributed by atoms with Crippen molar-refractivity contribution in [1.82, 2.24) is 0 Å². The highest BCUT2D eigenvalue weighted by Gasteiger charge is 2.30. The van der Waals surface area contributed by atoms with Crippen LogP contribution in [0.1, 0.15) is 23.6 Å². The van der Waals surface area contributed by atoms with E-state index in [-0.39, 0.29) is 16.7 Å². The van der Waals surface area contributed by atoms with Crippen molar-refractivity contribution in [3.8, 4) is 5.75 Å². The minimum Gasteiger partial charge on any atom is -0.508 e. The summed E-state index contributed by atoms with van der Waals surface area (Å²) in [7, 11) is -3.75. The van der Waals surface area contributed by atoms with Crippen LogP contribution < -0.4 is 10.1 Å². The largest absolute Gasteiger partial charge is 0.508 e. The summed E-state index contributed by atoms with van der Waals surface area (Å²) in [4.78, 5) is 0.0592. The summed E-state index contributed by atoms with van der Waals surface area (Å²) in [6.45, 7) is 0. The molecule has 1 atom stereocenters. The summed E-state index contributed by atoms with van der Waals surface area (Å²) in [6.07, 6.45) is 0.686. The van der Waals surface area contributed by atoms with Crippen molar-refractivity contribution in [3.63, 3.8) is 0 Å². The van der Waals surface area contributed by atoms with Gasteiger partial charge < -0.3 is 5.11 Å². The number of phenols is 1. The standard InChI is InChI=1S/C21H19N3O3S/c22-28(26,27)19-12-8-17(9-13-19)24-21(16-6-10-18(25)11-7-16)14-20(23-24)15-4-2-1-3-5-15/h1-13,21,25H,14H2,(H2,22,26,27). The highest BCUT2D eigenvalue weighted by Crippen LogP contribution is 2.37. The number of nitrogens with zero attached hydrogens (tertiary/aromatic N) is 2. The Labute approximate surface area is 163 Å². The molecule has 0 fully saturated rings. The second-order valence-corrected chi connectivity index (χ2v) is 8.17. The van der Waals surface area contributed by atoms with Gasteiger partial charge >= 0.3 is 0 Å². The van der Waals surface area contributed by atoms with Crippen molar-refractivity contribution in [1.29, 1.82) is 0 Å². The topological polar surface area (TPSA) is 96.0 Å². The van der Waals surface area contributed by atoms with Crippen molar-refractivity contribution in [2.24, 2.45) is 10.2 Å². The van der Waals surface area contributed by atoms with Crippen LogP contribution in [0.15, 0.2) is 88.9 Å². The number of hydrogen-bond donors (Lipinski definition) is 2. The molecule has 7 heteroatoms. The number of aromatic hydroxyl groups is 1. The van der Waals surface area contributed by atoms with Gasteiger partial charge in [0.15, 0.2) is 0 Å². The van der Waals surface area contributed by atoms with Crippen LogP contribution in [0.5, 0.6) is 5.75 Å². The second-order valence-electron chi connectivity index (χ2n) is 6.61. The van der Waals surface area contributed by atoms with Gasteiger partial charge in [0.2, 0.25) is 10.0 Å². The predicted molar refractivity (Wildman–Crippen MR) is 109 cm³/mol. The fraction of sp³-hybridized carbons (Fsp3) is 0.0952. The van der Waals surface area contributed by atoms with Crippen LogP contribution in [0.3, 0.4) is 0 Å². The fourth-order valence-corrected chi connectivity index (χ4v) is 3.81. The minimum absolute atomic E-state index is 0.0592. The molecule has 3 N–H and O–H groups in total. The number of primary sulfonamides is 1. The van der Waals surface area contributed by atoms with E-state index in [0.29, 0.717) is 6.42 Å². The second kappa shape index (κ2) is 7.10. The Balaban J connectivity index is 1.74. The smallest absolute Gasteiger partial charge is 0.238 e. The van der Waals surface area contributed by atoms with Crippen LogP contribution in [0.25, 0.3) is 0 Å². The van der Waals surface area contributed by atoms with Gasteiger partial charge in [0.05, 0.1) is 22.3 Å². The molecular formula is C21H19N3O3S. The van der Waals surface area contributed by atoms with E-state index >= 15 is 0 Å². The maximum Gasteiger partial charge on any atom is 0.238 e. The summed E-state index contributed by atoms with van der Waals surface area (Å²) in [5.74, 6) is 0.204. The zero-order chi connectivity index (χ0) is 19.7. The molecule has 0 aromatic heterocycles. The van der Waals surface area contributed by atoms with Crippen molar-refractivity contribution in [3.05, 3.63) is 90.0 Å². The van der Waals surface area contributed by atoms with Gasteiger partial charge in [0.1, 0.15) is 5.75 Å². The molecule has 0 amide bonds. The van der Waals surface area contributed by atoms with E-state index in [0.717, 1.165) is 22.5 Å². The molecule has 6 nitrogen and oxygen atoms in total. The van der Waals surface area contributed by atoms with Crippen LogP contribution in [-0.4, -0.2) is 19.2 Å². The average molecular weight is 393 g/mol. The SMILES string of the molecule is NS(=O)(=O)c1ccc(N2N=C(c3ccccc3)CC2c2ccc(O)cc2)cc1. The molecule has 0 saturated carbocycles. The first-order valence-electron chi connectivity index (χ1n) is 8.76. The molecule has 0 radical (unpaired) electrons. The minimum atomic E-state index is -3.75. The number of sulfonamides is 1. The van der Waals surface area contributed by atoms with Crippen LogP contribution in [0, 0.1) is 0 Å². The molecule has 28 heavy (non-hydrogen) atoms. The molecule has 3 aromatic carbocycles. The zero-order valence-corrected chi connectivity index (χ0v) is 15.8. The monoisotopic (exact) mass is 393 g/mol. The number of anilines is 1. The summed E-state index contributed by atoms with van der Waals surface area (Å²) >= 11 is 0. The molecule has 0 bridgehead atoms. The van der Waals surface area contributed by atoms with Crippen molar-refractivity contribution in [2.45, 2.75) is 17.4 Å². The first-order valence-corrected chi connectivity index (χ1v) is 10.3. The first-order chi connectivity index (χ1) is 13.4. The molecule has 0 saturated heterocycles. The average Bonchev–Trinajstić information content (AvgIpc) is 3.14. The highest BCUT2D eigenvalue weighted by atomic mass is 32.2. The molecule has 3 aromatic rings. The molecule has 1 heterocycles. The van der Waals surface area contributed by atoms with Crippen molar-refractivity contribution < 1.29 is 13.5 Å². The van der Waals surface area contributed by atoms with Gasteiger partial charge in [-0.2, -0.15) is 5.10 Å². The summed E-state index contributed by atoms with van der Waals surface area (Å²) in [6, 6.07) is 23.3. The number of nitrogens with two attached hydrogens (primary N) is 1. The van der Waals surface area contributed by atoms with E-state index in [2.05, 4.69) is 0 Å². The van der Waals surface area contributed by atoms with Crippen LogP contribution in [-0.2, 0) is 10.0 Å². The molecule has 4 rings (SSSR count). The molecule has 1 unspecified atom stereocenters. The van der Waals surface area contributed by atoms with Gasteiger partial charge in [-0.05, 0) is 47.5 Å². The summed E-state index contributed by atoms with van der Waals surface area (Å²) in [5.41, 5.74) is 3.74. The number of benzene rings is 3. The Morgan fingerprint density at radius 1 is 0.929 bits per heavy atom. The van der Waals surface area contributed by atoms with Crippen molar-refractivity contribution >= 4 is 21.4 Å². The van der Waals surface area contributed by atoms with E-state index in [9.17, 15) is 13.5 Å². The number of hydrogen-bond acceptors (Lipinski definition) is 5. The van der Waals surface area contributed by atoms with Crippen LogP contribution in [0.2, 0.25) is 0 Å². The van der Waals surface area contributed by atoms with Gasteiger partial charge in [-0.15, -0.1) is 0 Å². The van der Waals surface area contributed by atoms with E-state index in [1.54, 1.807) is 24.3 Å². The number of phenolic OH excluding ortho intramolecular Hbond substituents is 1. The van der Waals surface area contributed by atoms with E-state index in [1.165, 1.54) is 12.1 Å². The van der Waals surface area contributed by atoms with Gasteiger partial charge in [-0.25, -0.2) is 13.6 Å². The molecule has 1 aliphatic rings. The molecule has 0 aliphatic carbocycles. The summed E-state index contributed by atoms with van der Waals surface area (Å²) in [5, 5.41) is 21.5.